The fourth-order valence-electron chi connectivity index (χ4n) is 2.80. The van der Waals surface area contributed by atoms with Gasteiger partial charge in [0.2, 0.25) is 5.95 Å². The van der Waals surface area contributed by atoms with Crippen LogP contribution in [-0.4, -0.2) is 52.7 Å². The van der Waals surface area contributed by atoms with Crippen LogP contribution >= 0.6 is 11.3 Å². The molecule has 148 valence electrons. The molecule has 3 rings (SSSR count). The Bertz CT molecular complexity index is 854. The number of fused-ring (bicyclic) bond motifs is 1. The fourth-order valence-corrected chi connectivity index (χ4v) is 3.75. The number of amides is 1. The van der Waals surface area contributed by atoms with Crippen molar-refractivity contribution in [3.05, 3.63) is 10.9 Å². The number of alkyl halides is 3. The number of carbonyl (C=O) groups excluding carboxylic acids is 1. The minimum atomic E-state index is -4.51. The van der Waals surface area contributed by atoms with Crippen LogP contribution in [0.1, 0.15) is 26.3 Å². The van der Waals surface area contributed by atoms with E-state index in [1.54, 1.807) is 25.7 Å². The number of nitrogens with zero attached hydrogens (tertiary/aromatic N) is 4. The first-order valence-corrected chi connectivity index (χ1v) is 9.18. The van der Waals surface area contributed by atoms with Gasteiger partial charge in [-0.3, -0.25) is 0 Å². The van der Waals surface area contributed by atoms with Gasteiger partial charge in [-0.25, -0.2) is 9.78 Å². The van der Waals surface area contributed by atoms with E-state index >= 15 is 0 Å². The lowest BCUT2D eigenvalue weighted by molar-refractivity contribution is -0.136. The second-order valence-electron chi connectivity index (χ2n) is 7.19. The van der Waals surface area contributed by atoms with Crippen LogP contribution in [0.4, 0.5) is 29.7 Å². The van der Waals surface area contributed by atoms with Gasteiger partial charge in [0.25, 0.3) is 0 Å². The molecule has 1 amide bonds. The molecule has 2 aromatic rings. The van der Waals surface area contributed by atoms with Gasteiger partial charge < -0.3 is 20.3 Å². The van der Waals surface area contributed by atoms with Crippen LogP contribution in [0.3, 0.4) is 0 Å². The Morgan fingerprint density at radius 1 is 1.19 bits per heavy atom. The maximum atomic E-state index is 13.4. The lowest BCUT2D eigenvalue weighted by Gasteiger charge is -2.36. The van der Waals surface area contributed by atoms with E-state index in [0.717, 1.165) is 16.7 Å². The van der Waals surface area contributed by atoms with Crippen molar-refractivity contribution >= 4 is 39.4 Å². The standard InChI is InChI=1S/C16H20F3N5O2S/c1-15(2,3)26-14(25)24-6-4-23(5-7-24)11-10-9(16(17,18)19)8-27-12(10)22-13(20)21-11/h8H,4-7H2,1-3H3,(H2,20,21,22). The fraction of sp³-hybridized carbons (Fsp3) is 0.562. The molecule has 7 nitrogen and oxygen atoms in total. The molecule has 3 heterocycles. The van der Waals surface area contributed by atoms with Crippen molar-refractivity contribution < 1.29 is 22.7 Å². The SMILES string of the molecule is CC(C)(C)OC(=O)N1CCN(c2nc(N)nc3scc(C(F)(F)F)c23)CC1. The Hall–Kier alpha value is -2.30. The third-order valence-electron chi connectivity index (χ3n) is 3.97. The molecule has 2 N–H and O–H groups in total. The van der Waals surface area contributed by atoms with Crippen molar-refractivity contribution in [2.45, 2.75) is 32.5 Å². The number of anilines is 2. The van der Waals surface area contributed by atoms with Crippen LogP contribution in [0.2, 0.25) is 0 Å². The summed E-state index contributed by atoms with van der Waals surface area (Å²) >= 11 is 0.883. The molecule has 0 saturated carbocycles. The Morgan fingerprint density at radius 3 is 2.37 bits per heavy atom. The first kappa shape index (κ1) is 19.5. The maximum absolute atomic E-state index is 13.4. The van der Waals surface area contributed by atoms with E-state index in [2.05, 4.69) is 9.97 Å². The predicted octanol–water partition coefficient (Wildman–Crippen LogP) is 3.35. The normalized spacial score (nSPS) is 16.1. The maximum Gasteiger partial charge on any atom is 0.418 e. The Labute approximate surface area is 157 Å². The first-order valence-electron chi connectivity index (χ1n) is 8.30. The van der Waals surface area contributed by atoms with E-state index in [1.807, 2.05) is 0 Å². The molecular weight excluding hydrogens is 383 g/mol. The number of piperazine rings is 1. The number of thiophene rings is 1. The summed E-state index contributed by atoms with van der Waals surface area (Å²) in [7, 11) is 0. The number of hydrogen-bond donors (Lipinski definition) is 1. The average Bonchev–Trinajstić information content (AvgIpc) is 2.96. The molecule has 0 aromatic carbocycles. The van der Waals surface area contributed by atoms with E-state index in [4.69, 9.17) is 10.5 Å². The summed E-state index contributed by atoms with van der Waals surface area (Å²) in [5.74, 6) is 0.0672. The highest BCUT2D eigenvalue weighted by atomic mass is 32.1. The first-order chi connectivity index (χ1) is 12.5. The van der Waals surface area contributed by atoms with Gasteiger partial charge in [-0.2, -0.15) is 18.2 Å². The average molecular weight is 403 g/mol. The minimum Gasteiger partial charge on any atom is -0.444 e. The molecule has 1 aliphatic rings. The van der Waals surface area contributed by atoms with E-state index in [1.165, 1.54) is 4.90 Å². The number of rotatable bonds is 1. The molecule has 0 radical (unpaired) electrons. The zero-order chi connectivity index (χ0) is 20.0. The number of ether oxygens (including phenoxy) is 1. The zero-order valence-electron chi connectivity index (χ0n) is 15.1. The monoisotopic (exact) mass is 403 g/mol. The third kappa shape index (κ3) is 4.18. The Balaban J connectivity index is 1.85. The van der Waals surface area contributed by atoms with Crippen molar-refractivity contribution in [1.29, 1.82) is 0 Å². The number of carbonyl (C=O) groups is 1. The molecular formula is C16H20F3N5O2S. The summed E-state index contributed by atoms with van der Waals surface area (Å²) in [5.41, 5.74) is 4.30. The second kappa shape index (κ2) is 6.70. The smallest absolute Gasteiger partial charge is 0.418 e. The highest BCUT2D eigenvalue weighted by molar-refractivity contribution is 7.17. The molecule has 0 spiro atoms. The summed E-state index contributed by atoms with van der Waals surface area (Å²) in [6.07, 6.45) is -4.95. The summed E-state index contributed by atoms with van der Waals surface area (Å²) < 4.78 is 45.4. The van der Waals surface area contributed by atoms with E-state index in [-0.39, 0.29) is 22.0 Å². The quantitative estimate of drug-likeness (QED) is 0.786. The lowest BCUT2D eigenvalue weighted by atomic mass is 10.2. The predicted molar refractivity (Wildman–Crippen MR) is 96.8 cm³/mol. The number of halogens is 3. The van der Waals surface area contributed by atoms with Gasteiger partial charge in [0, 0.05) is 31.6 Å². The van der Waals surface area contributed by atoms with E-state index in [0.29, 0.717) is 26.2 Å². The van der Waals surface area contributed by atoms with Gasteiger partial charge >= 0.3 is 12.3 Å². The van der Waals surface area contributed by atoms with Crippen LogP contribution in [0.15, 0.2) is 5.38 Å². The molecule has 0 unspecified atom stereocenters. The number of nitrogen functional groups attached to an aromatic ring is 1. The van der Waals surface area contributed by atoms with Gasteiger partial charge in [0.1, 0.15) is 16.2 Å². The number of nitrogens with two attached hydrogens (primary N) is 1. The van der Waals surface area contributed by atoms with Gasteiger partial charge in [0.15, 0.2) is 0 Å². The summed E-state index contributed by atoms with van der Waals surface area (Å²) in [6.45, 7) is 6.58. The van der Waals surface area contributed by atoms with Gasteiger partial charge in [0.05, 0.1) is 10.9 Å². The van der Waals surface area contributed by atoms with Crippen molar-refractivity contribution in [2.24, 2.45) is 0 Å². The van der Waals surface area contributed by atoms with Crippen molar-refractivity contribution in [3.8, 4) is 0 Å². The molecule has 0 atom stereocenters. The molecule has 2 aromatic heterocycles. The van der Waals surface area contributed by atoms with E-state index < -0.39 is 23.4 Å². The van der Waals surface area contributed by atoms with Gasteiger partial charge in [-0.1, -0.05) is 0 Å². The van der Waals surface area contributed by atoms with Gasteiger partial charge in [-0.15, -0.1) is 11.3 Å². The number of aromatic nitrogens is 2. The molecule has 0 aliphatic carbocycles. The molecule has 1 saturated heterocycles. The highest BCUT2D eigenvalue weighted by Crippen LogP contribution is 2.41. The Morgan fingerprint density at radius 2 is 1.81 bits per heavy atom. The number of hydrogen-bond acceptors (Lipinski definition) is 7. The minimum absolute atomic E-state index is 0.0487. The van der Waals surface area contributed by atoms with E-state index in [9.17, 15) is 18.0 Å². The van der Waals surface area contributed by atoms with Crippen molar-refractivity contribution in [1.82, 2.24) is 14.9 Å². The molecule has 1 aliphatic heterocycles. The van der Waals surface area contributed by atoms with Crippen LogP contribution < -0.4 is 10.6 Å². The third-order valence-corrected chi connectivity index (χ3v) is 4.84. The molecule has 11 heteroatoms. The summed E-state index contributed by atoms with van der Waals surface area (Å²) in [6, 6.07) is 0. The topological polar surface area (TPSA) is 84.6 Å². The van der Waals surface area contributed by atoms with Crippen LogP contribution in [-0.2, 0) is 10.9 Å². The van der Waals surface area contributed by atoms with Crippen molar-refractivity contribution in [3.63, 3.8) is 0 Å². The highest BCUT2D eigenvalue weighted by Gasteiger charge is 2.37. The summed E-state index contributed by atoms with van der Waals surface area (Å²) in [5, 5.41) is 0.978. The lowest BCUT2D eigenvalue weighted by Crippen LogP contribution is -2.50. The van der Waals surface area contributed by atoms with Crippen LogP contribution in [0, 0.1) is 0 Å². The molecule has 27 heavy (non-hydrogen) atoms. The second-order valence-corrected chi connectivity index (χ2v) is 8.05. The van der Waals surface area contributed by atoms with Crippen LogP contribution in [0.5, 0.6) is 0 Å². The van der Waals surface area contributed by atoms with Crippen molar-refractivity contribution in [2.75, 3.05) is 36.8 Å². The molecule has 1 fully saturated rings. The zero-order valence-corrected chi connectivity index (χ0v) is 15.9. The molecule has 0 bridgehead atoms. The Kier molecular flexibility index (Phi) is 4.83. The van der Waals surface area contributed by atoms with Gasteiger partial charge in [-0.05, 0) is 20.8 Å². The largest absolute Gasteiger partial charge is 0.444 e. The van der Waals surface area contributed by atoms with Crippen LogP contribution in [0.25, 0.3) is 10.2 Å². The summed E-state index contributed by atoms with van der Waals surface area (Å²) in [4.78, 5) is 23.6.